The van der Waals surface area contributed by atoms with E-state index in [0.717, 1.165) is 32.7 Å². The number of ketones is 4. The van der Waals surface area contributed by atoms with E-state index in [4.69, 9.17) is 33.3 Å². The first kappa shape index (κ1) is 58.3. The normalized spacial score (nSPS) is 12.7. The van der Waals surface area contributed by atoms with Crippen LogP contribution < -0.4 is 10.6 Å². The number of alkyl carbamates (subject to hydrolysis) is 2. The molecule has 19 heteroatoms. The van der Waals surface area contributed by atoms with Crippen LogP contribution in [0.1, 0.15) is 117 Å². The molecule has 0 unspecified atom stereocenters. The summed E-state index contributed by atoms with van der Waals surface area (Å²) < 4.78 is 27.3. The van der Waals surface area contributed by atoms with Crippen LogP contribution in [0.3, 0.4) is 0 Å². The van der Waals surface area contributed by atoms with Crippen molar-refractivity contribution in [3.05, 3.63) is 117 Å². The summed E-state index contributed by atoms with van der Waals surface area (Å²) in [7, 11) is 3.69. The van der Waals surface area contributed by atoms with Gasteiger partial charge in [0.25, 0.3) is 0 Å². The van der Waals surface area contributed by atoms with Crippen molar-refractivity contribution >= 4 is 68.8 Å². The number of benzene rings is 4. The highest BCUT2D eigenvalue weighted by Gasteiger charge is 2.39. The number of amides is 2. The molecule has 0 saturated heterocycles. The Labute approximate surface area is 445 Å². The maximum Gasteiger partial charge on any atom is 0.408 e. The van der Waals surface area contributed by atoms with Gasteiger partial charge in [-0.3, -0.25) is 38.6 Å². The number of rotatable bonds is 13. The summed E-state index contributed by atoms with van der Waals surface area (Å²) in [5, 5.41) is 25.1. The Balaban J connectivity index is 0.000000213. The fraction of sp³-hybridized carbons (Fsp3) is 0.379. The molecule has 4 N–H and O–H groups in total. The van der Waals surface area contributed by atoms with Crippen molar-refractivity contribution in [2.45, 2.75) is 93.5 Å². The molecule has 8 rings (SSSR count). The SMILES string of the molecule is CC(C)(C)OC(=O)NCC(=O)O.Cc1c(CN(C)CCO)oc2c1C(=O)C(=O)c1c-2ccc2c(C)cccc12.Cc1c(CN(C)CCOC(=O)CNC(=O)OC(C)(C)C)oc2c1C(=O)C(=O)c1c-2ccc2c(C)cccc12. The molecular weight excluding hydrogens is 993 g/mol. The number of ether oxygens (including phenoxy) is 3. The lowest BCUT2D eigenvalue weighted by atomic mass is 9.83. The van der Waals surface area contributed by atoms with Gasteiger partial charge in [-0.05, 0) is 128 Å². The Kier molecular flexibility index (Phi) is 18.1. The highest BCUT2D eigenvalue weighted by atomic mass is 16.6. The number of carboxylic acids is 1. The number of aliphatic hydroxyl groups is 1. The van der Waals surface area contributed by atoms with Crippen LogP contribution in [0.4, 0.5) is 9.59 Å². The first-order valence-electron chi connectivity index (χ1n) is 24.9. The Morgan fingerprint density at radius 3 is 1.36 bits per heavy atom. The van der Waals surface area contributed by atoms with Crippen molar-refractivity contribution in [3.8, 4) is 22.6 Å². The number of nitrogens with zero attached hydrogens (tertiary/aromatic N) is 2. The van der Waals surface area contributed by atoms with E-state index in [1.807, 2.05) is 105 Å². The molecule has 2 aromatic heterocycles. The second-order valence-corrected chi connectivity index (χ2v) is 20.9. The average molecular weight is 1060 g/mol. The molecule has 0 saturated carbocycles. The summed E-state index contributed by atoms with van der Waals surface area (Å²) in [4.78, 5) is 100. The third kappa shape index (κ3) is 13.7. The molecule has 0 aliphatic heterocycles. The number of nitrogens with one attached hydrogen (secondary N) is 2. The van der Waals surface area contributed by atoms with Crippen LogP contribution in [0.5, 0.6) is 0 Å². The fourth-order valence-corrected chi connectivity index (χ4v) is 8.81. The summed E-state index contributed by atoms with van der Waals surface area (Å²) in [6.45, 7) is 18.9. The van der Waals surface area contributed by atoms with Crippen LogP contribution in [0, 0.1) is 27.7 Å². The zero-order chi connectivity index (χ0) is 56.8. The zero-order valence-electron chi connectivity index (χ0n) is 45.5. The monoisotopic (exact) mass is 1060 g/mol. The molecule has 2 aliphatic rings. The van der Waals surface area contributed by atoms with E-state index in [2.05, 4.69) is 10.6 Å². The van der Waals surface area contributed by atoms with Gasteiger partial charge in [0.15, 0.2) is 0 Å². The summed E-state index contributed by atoms with van der Waals surface area (Å²) in [6.07, 6.45) is -1.41. The Morgan fingerprint density at radius 1 is 0.558 bits per heavy atom. The van der Waals surface area contributed by atoms with Crippen molar-refractivity contribution in [1.82, 2.24) is 20.4 Å². The Bertz CT molecular complexity index is 3310. The van der Waals surface area contributed by atoms with Crippen LogP contribution in [-0.2, 0) is 36.9 Å². The molecule has 0 bridgehead atoms. The first-order valence-corrected chi connectivity index (χ1v) is 24.9. The number of Topliss-reactive ketones (excluding diaryl/α,β-unsaturated/α-hetero) is 4. The Hall–Kier alpha value is -8.00. The van der Waals surface area contributed by atoms with Gasteiger partial charge in [-0.25, -0.2) is 9.59 Å². The first-order chi connectivity index (χ1) is 36.1. The van der Waals surface area contributed by atoms with Gasteiger partial charge in [-0.2, -0.15) is 0 Å². The van der Waals surface area contributed by atoms with Crippen LogP contribution in [0.25, 0.3) is 44.2 Å². The van der Waals surface area contributed by atoms with Gasteiger partial charge in [0.2, 0.25) is 23.1 Å². The number of aryl methyl sites for hydroxylation is 2. The van der Waals surface area contributed by atoms with Gasteiger partial charge >= 0.3 is 24.1 Å². The molecule has 6 aromatic rings. The number of carboxylic acid groups (broad SMARTS) is 1. The second-order valence-electron chi connectivity index (χ2n) is 20.9. The summed E-state index contributed by atoms with van der Waals surface area (Å²) >= 11 is 0. The quantitative estimate of drug-likeness (QED) is 0.0479. The molecule has 0 radical (unpaired) electrons. The molecule has 4 aromatic carbocycles. The van der Waals surface area contributed by atoms with Crippen LogP contribution >= 0.6 is 0 Å². The Morgan fingerprint density at radius 2 is 0.961 bits per heavy atom. The molecule has 2 heterocycles. The predicted molar refractivity (Wildman–Crippen MR) is 286 cm³/mol. The van der Waals surface area contributed by atoms with E-state index < -0.39 is 65.0 Å². The predicted octanol–water partition coefficient (Wildman–Crippen LogP) is 8.71. The molecule has 408 valence electrons. The number of fused-ring (bicyclic) bond motifs is 10. The van der Waals surface area contributed by atoms with Crippen molar-refractivity contribution < 1.29 is 71.6 Å². The third-order valence-corrected chi connectivity index (χ3v) is 12.5. The number of carbonyl (C=O) groups is 8. The van der Waals surface area contributed by atoms with Gasteiger partial charge in [-0.1, -0.05) is 48.5 Å². The number of hydrogen-bond donors (Lipinski definition) is 4. The average Bonchev–Trinajstić information content (AvgIpc) is 3.99. The molecule has 77 heavy (non-hydrogen) atoms. The summed E-state index contributed by atoms with van der Waals surface area (Å²) in [5.41, 5.74) is 4.92. The molecule has 0 fully saturated rings. The third-order valence-electron chi connectivity index (χ3n) is 12.5. The minimum atomic E-state index is -1.10. The number of esters is 1. The van der Waals surface area contributed by atoms with Crippen LogP contribution in [-0.4, -0.2) is 132 Å². The number of hydrogen-bond acceptors (Lipinski definition) is 16. The largest absolute Gasteiger partial charge is 0.480 e. The molecule has 0 atom stereocenters. The van der Waals surface area contributed by atoms with Crippen molar-refractivity contribution in [2.24, 2.45) is 0 Å². The highest BCUT2D eigenvalue weighted by molar-refractivity contribution is 6.55. The number of furan rings is 2. The minimum absolute atomic E-state index is 0.0432. The smallest absolute Gasteiger partial charge is 0.408 e. The topological polar surface area (TPSA) is 262 Å². The maximum absolute atomic E-state index is 13.2. The standard InChI is InChI=1S/C29H32N2O7.C22H21NO4.C7H13NO4/c1-16-8-7-9-19-18(16)10-11-20-24(19)26(34)25(33)23-17(2)21(37-27(20)23)15-31(6)12-13-36-22(32)14-30-28(35)38-29(3,4)5;1-12-5-4-6-15-14(12)7-8-16-19(15)21(26)20(25)18-13(2)17(27-22(16)18)11-23(3)9-10-24;1-7(2,3)12-6(11)8-4-5(9)10/h7-11H,12-15H2,1-6H3,(H,30,35);4-8,24H,9-11H2,1-3H3;4H2,1-3H3,(H,8,11)(H,9,10). The molecular formula is C58H66N4O15. The van der Waals surface area contributed by atoms with Gasteiger partial charge in [-0.15, -0.1) is 0 Å². The highest BCUT2D eigenvalue weighted by Crippen LogP contribution is 2.43. The zero-order valence-corrected chi connectivity index (χ0v) is 45.5. The van der Waals surface area contributed by atoms with E-state index in [0.29, 0.717) is 93.7 Å². The van der Waals surface area contributed by atoms with Crippen molar-refractivity contribution in [1.29, 1.82) is 0 Å². The number of carbonyl (C=O) groups excluding carboxylic acids is 7. The lowest BCUT2D eigenvalue weighted by molar-refractivity contribution is -0.143. The second kappa shape index (κ2) is 23.9. The minimum Gasteiger partial charge on any atom is -0.480 e. The van der Waals surface area contributed by atoms with Crippen LogP contribution in [0.15, 0.2) is 69.5 Å². The summed E-state index contributed by atoms with van der Waals surface area (Å²) in [6, 6.07) is 19.1. The fourth-order valence-electron chi connectivity index (χ4n) is 8.81. The van der Waals surface area contributed by atoms with E-state index >= 15 is 0 Å². The van der Waals surface area contributed by atoms with E-state index in [1.165, 1.54) is 0 Å². The molecule has 2 aliphatic carbocycles. The van der Waals surface area contributed by atoms with Gasteiger partial charge in [0.05, 0.1) is 30.8 Å². The van der Waals surface area contributed by atoms with Crippen molar-refractivity contribution in [3.63, 3.8) is 0 Å². The lowest BCUT2D eigenvalue weighted by Gasteiger charge is -2.19. The van der Waals surface area contributed by atoms with Crippen molar-refractivity contribution in [2.75, 3.05) is 53.5 Å². The molecule has 0 spiro atoms. The van der Waals surface area contributed by atoms with Crippen LogP contribution in [0.2, 0.25) is 0 Å². The lowest BCUT2D eigenvalue weighted by Crippen LogP contribution is -2.36. The maximum atomic E-state index is 13.2. The number of likely N-dealkylation sites (N-methyl/N-ethyl adjacent to an activating group) is 2. The molecule has 19 nitrogen and oxygen atoms in total. The van der Waals surface area contributed by atoms with Gasteiger partial charge < -0.3 is 43.9 Å². The van der Waals surface area contributed by atoms with E-state index in [9.17, 15) is 38.4 Å². The van der Waals surface area contributed by atoms with E-state index in [-0.39, 0.29) is 19.8 Å². The number of aliphatic carboxylic acids is 1. The summed E-state index contributed by atoms with van der Waals surface area (Å²) in [5.74, 6) is -1.67. The van der Waals surface area contributed by atoms with Gasteiger partial charge in [0, 0.05) is 46.5 Å². The number of aliphatic hydroxyl groups excluding tert-OH is 1. The molecule has 2 amide bonds. The van der Waals surface area contributed by atoms with E-state index in [1.54, 1.807) is 48.5 Å². The van der Waals surface area contributed by atoms with Gasteiger partial charge in [0.1, 0.15) is 53.9 Å².